The molecule has 0 aliphatic heterocycles. The summed E-state index contributed by atoms with van der Waals surface area (Å²) in [4.78, 5) is 4.25. The van der Waals surface area contributed by atoms with E-state index in [4.69, 9.17) is 11.6 Å². The fourth-order valence-electron chi connectivity index (χ4n) is 1.45. The number of aromatic nitrogens is 3. The molecule has 0 saturated carbocycles. The van der Waals surface area contributed by atoms with Gasteiger partial charge in [0.15, 0.2) is 5.82 Å². The van der Waals surface area contributed by atoms with Gasteiger partial charge in [0.2, 0.25) is 0 Å². The zero-order chi connectivity index (χ0) is 12.3. The van der Waals surface area contributed by atoms with E-state index in [2.05, 4.69) is 29.2 Å². The van der Waals surface area contributed by atoms with Crippen molar-refractivity contribution >= 4 is 11.6 Å². The van der Waals surface area contributed by atoms with Gasteiger partial charge in [-0.3, -0.25) is 0 Å². The maximum Gasteiger partial charge on any atom is 0.153 e. The Hall–Kier alpha value is -1.39. The second-order valence-electron chi connectivity index (χ2n) is 4.12. The number of halogens is 1. The molecule has 2 heterocycles. The molecule has 1 N–H and O–H groups in total. The lowest BCUT2D eigenvalue weighted by atomic mass is 10.2. The molecule has 0 radical (unpaired) electrons. The lowest BCUT2D eigenvalue weighted by Crippen LogP contribution is -2.22. The minimum absolute atomic E-state index is 0.424. The Labute approximate surface area is 106 Å². The van der Waals surface area contributed by atoms with Gasteiger partial charge in [0, 0.05) is 31.2 Å². The molecule has 4 nitrogen and oxygen atoms in total. The second-order valence-corrected chi connectivity index (χ2v) is 4.53. The predicted octanol–water partition coefficient (Wildman–Crippen LogP) is 2.42. The highest BCUT2D eigenvalue weighted by Crippen LogP contribution is 2.17. The molecule has 0 bridgehead atoms. The van der Waals surface area contributed by atoms with Crippen molar-refractivity contribution in [3.63, 3.8) is 0 Å². The van der Waals surface area contributed by atoms with Crippen LogP contribution in [0.3, 0.4) is 0 Å². The summed E-state index contributed by atoms with van der Waals surface area (Å²) in [5, 5.41) is 8.15. The van der Waals surface area contributed by atoms with Crippen molar-refractivity contribution < 1.29 is 0 Å². The highest BCUT2D eigenvalue weighted by atomic mass is 35.5. The smallest absolute Gasteiger partial charge is 0.153 e. The molecule has 17 heavy (non-hydrogen) atoms. The number of hydrogen-bond donors (Lipinski definition) is 1. The lowest BCUT2D eigenvalue weighted by Gasteiger charge is -2.10. The van der Waals surface area contributed by atoms with E-state index in [0.717, 1.165) is 17.9 Å². The molecular weight excluding hydrogens is 236 g/mol. The van der Waals surface area contributed by atoms with Crippen molar-refractivity contribution in [1.82, 2.24) is 20.1 Å². The van der Waals surface area contributed by atoms with Crippen LogP contribution in [0.1, 0.15) is 19.4 Å². The average Bonchev–Trinajstić information content (AvgIpc) is 2.81. The van der Waals surface area contributed by atoms with Crippen molar-refractivity contribution in [2.75, 3.05) is 0 Å². The van der Waals surface area contributed by atoms with Crippen LogP contribution in [-0.4, -0.2) is 20.8 Å². The average molecular weight is 251 g/mol. The first-order valence-electron chi connectivity index (χ1n) is 5.54. The van der Waals surface area contributed by atoms with E-state index in [1.54, 1.807) is 17.1 Å². The molecule has 0 fully saturated rings. The molecule has 0 unspecified atom stereocenters. The molecule has 0 amide bonds. The minimum atomic E-state index is 0.424. The van der Waals surface area contributed by atoms with Gasteiger partial charge < -0.3 is 5.32 Å². The van der Waals surface area contributed by atoms with Gasteiger partial charge in [0.05, 0.1) is 5.02 Å². The molecule has 0 aliphatic carbocycles. The first-order chi connectivity index (χ1) is 8.16. The maximum atomic E-state index is 6.11. The first-order valence-corrected chi connectivity index (χ1v) is 5.92. The second kappa shape index (κ2) is 5.29. The Morgan fingerprint density at radius 2 is 2.29 bits per heavy atom. The van der Waals surface area contributed by atoms with E-state index in [0.29, 0.717) is 11.1 Å². The summed E-state index contributed by atoms with van der Waals surface area (Å²) >= 11 is 6.11. The van der Waals surface area contributed by atoms with E-state index in [9.17, 15) is 0 Å². The van der Waals surface area contributed by atoms with Crippen molar-refractivity contribution in [1.29, 1.82) is 0 Å². The van der Waals surface area contributed by atoms with Crippen LogP contribution in [0.5, 0.6) is 0 Å². The van der Waals surface area contributed by atoms with E-state index in [-0.39, 0.29) is 0 Å². The van der Waals surface area contributed by atoms with Crippen molar-refractivity contribution in [3.8, 4) is 5.82 Å². The number of rotatable bonds is 4. The SMILES string of the molecule is CC(C)NCc1cc(-n2cccn2)ncc1Cl. The van der Waals surface area contributed by atoms with Crippen LogP contribution in [0.15, 0.2) is 30.7 Å². The maximum absolute atomic E-state index is 6.11. The zero-order valence-electron chi connectivity index (χ0n) is 9.89. The molecule has 2 aromatic heterocycles. The summed E-state index contributed by atoms with van der Waals surface area (Å²) < 4.78 is 1.72. The van der Waals surface area contributed by atoms with Crippen LogP contribution in [0, 0.1) is 0 Å². The summed E-state index contributed by atoms with van der Waals surface area (Å²) in [7, 11) is 0. The Morgan fingerprint density at radius 3 is 2.94 bits per heavy atom. The van der Waals surface area contributed by atoms with Gasteiger partial charge >= 0.3 is 0 Å². The molecule has 0 spiro atoms. The highest BCUT2D eigenvalue weighted by molar-refractivity contribution is 6.31. The summed E-state index contributed by atoms with van der Waals surface area (Å²) in [5.74, 6) is 0.778. The van der Waals surface area contributed by atoms with Gasteiger partial charge in [-0.05, 0) is 17.7 Å². The van der Waals surface area contributed by atoms with Crippen LogP contribution < -0.4 is 5.32 Å². The Kier molecular flexibility index (Phi) is 3.76. The molecule has 2 rings (SSSR count). The van der Waals surface area contributed by atoms with E-state index >= 15 is 0 Å². The lowest BCUT2D eigenvalue weighted by molar-refractivity contribution is 0.588. The van der Waals surface area contributed by atoms with Crippen LogP contribution in [0.2, 0.25) is 5.02 Å². The summed E-state index contributed by atoms with van der Waals surface area (Å²) in [6.45, 7) is 4.93. The molecule has 2 aromatic rings. The Morgan fingerprint density at radius 1 is 1.47 bits per heavy atom. The quantitative estimate of drug-likeness (QED) is 0.906. The normalized spacial score (nSPS) is 11.1. The number of nitrogens with zero attached hydrogens (tertiary/aromatic N) is 3. The Bertz CT molecular complexity index is 479. The third kappa shape index (κ3) is 3.05. The molecule has 90 valence electrons. The molecule has 5 heteroatoms. The van der Waals surface area contributed by atoms with Gasteiger partial charge in [0.25, 0.3) is 0 Å². The van der Waals surface area contributed by atoms with Gasteiger partial charge in [-0.25, -0.2) is 9.67 Å². The third-order valence-electron chi connectivity index (χ3n) is 2.36. The fraction of sp³-hybridized carbons (Fsp3) is 0.333. The van der Waals surface area contributed by atoms with E-state index in [1.807, 2.05) is 18.3 Å². The molecule has 0 aliphatic rings. The fourth-order valence-corrected chi connectivity index (χ4v) is 1.62. The summed E-state index contributed by atoms with van der Waals surface area (Å²) in [5.41, 5.74) is 1.03. The number of pyridine rings is 1. The van der Waals surface area contributed by atoms with E-state index < -0.39 is 0 Å². The largest absolute Gasteiger partial charge is 0.310 e. The van der Waals surface area contributed by atoms with E-state index in [1.165, 1.54) is 0 Å². The molecule has 0 atom stereocenters. The summed E-state index contributed by atoms with van der Waals surface area (Å²) in [6, 6.07) is 4.24. The molecule has 0 saturated heterocycles. The standard InChI is InChI=1S/C12H15ClN4/c1-9(2)14-7-10-6-12(15-8-11(10)13)17-5-3-4-16-17/h3-6,8-9,14H,7H2,1-2H3. The highest BCUT2D eigenvalue weighted by Gasteiger charge is 2.05. The van der Waals surface area contributed by atoms with Gasteiger partial charge in [-0.1, -0.05) is 25.4 Å². The predicted molar refractivity (Wildman–Crippen MR) is 68.3 cm³/mol. The van der Waals surface area contributed by atoms with Crippen molar-refractivity contribution in [2.45, 2.75) is 26.4 Å². The Balaban J connectivity index is 2.23. The molecular formula is C12H15ClN4. The van der Waals surface area contributed by atoms with Crippen LogP contribution >= 0.6 is 11.6 Å². The number of nitrogens with one attached hydrogen (secondary N) is 1. The summed E-state index contributed by atoms with van der Waals surface area (Å²) in [6.07, 6.45) is 5.24. The van der Waals surface area contributed by atoms with Crippen LogP contribution in [-0.2, 0) is 6.54 Å². The number of hydrogen-bond acceptors (Lipinski definition) is 3. The molecule has 0 aromatic carbocycles. The monoisotopic (exact) mass is 250 g/mol. The topological polar surface area (TPSA) is 42.7 Å². The van der Waals surface area contributed by atoms with Crippen LogP contribution in [0.25, 0.3) is 5.82 Å². The third-order valence-corrected chi connectivity index (χ3v) is 2.70. The zero-order valence-corrected chi connectivity index (χ0v) is 10.6. The van der Waals surface area contributed by atoms with Gasteiger partial charge in [0.1, 0.15) is 0 Å². The van der Waals surface area contributed by atoms with Crippen molar-refractivity contribution in [3.05, 3.63) is 41.3 Å². The first kappa shape index (κ1) is 12.1. The van der Waals surface area contributed by atoms with Crippen molar-refractivity contribution in [2.24, 2.45) is 0 Å². The van der Waals surface area contributed by atoms with Crippen LogP contribution in [0.4, 0.5) is 0 Å². The van der Waals surface area contributed by atoms with Gasteiger partial charge in [-0.2, -0.15) is 5.10 Å². The van der Waals surface area contributed by atoms with Gasteiger partial charge in [-0.15, -0.1) is 0 Å². The minimum Gasteiger partial charge on any atom is -0.310 e.